The Hall–Kier alpha value is -3.56. The van der Waals surface area contributed by atoms with E-state index < -0.39 is 140 Å². The van der Waals surface area contributed by atoms with Gasteiger partial charge in [0.2, 0.25) is 20.0 Å². The molecule has 6 unspecified atom stereocenters. The number of imidazole rings is 1. The Morgan fingerprint density at radius 1 is 0.843 bits per heavy atom. The second kappa shape index (κ2) is 48.0. The number of methoxy groups -OCH3 is 3. The molecule has 6 atom stereocenters. The van der Waals surface area contributed by atoms with Gasteiger partial charge in [0.05, 0.1) is 22.1 Å². The summed E-state index contributed by atoms with van der Waals surface area (Å²) < 4.78 is 92.3. The first kappa shape index (κ1) is 104. The molecule has 2 aliphatic heterocycles. The fourth-order valence-corrected chi connectivity index (χ4v) is 30.8. The summed E-state index contributed by atoms with van der Waals surface area (Å²) in [6.45, 7) is 6.44. The number of nitrogens with two attached hydrogens (primary N) is 3. The Labute approximate surface area is 721 Å². The van der Waals surface area contributed by atoms with Gasteiger partial charge in [-0.25, -0.2) is 36.9 Å². The number of H-pyrrole nitrogens is 1. The average Bonchev–Trinajstić information content (AvgIpc) is 1.61. The summed E-state index contributed by atoms with van der Waals surface area (Å²) in [5.74, 6) is -4.80. The van der Waals surface area contributed by atoms with Crippen LogP contribution in [0.3, 0.4) is 0 Å². The minimum Gasteiger partial charge on any atom is -0.412 e. The van der Waals surface area contributed by atoms with E-state index in [0.717, 1.165) is 34.8 Å². The number of nitrogens with zero attached hydrogens (tertiary/aromatic N) is 4. The maximum atomic E-state index is 12.6. The number of aliphatic carboxylic acids is 3. The number of aromatic nitrogens is 4. The van der Waals surface area contributed by atoms with Crippen molar-refractivity contribution in [2.24, 2.45) is 51.3 Å². The van der Waals surface area contributed by atoms with Crippen LogP contribution >= 0.6 is 39.7 Å². The Morgan fingerprint density at radius 2 is 1.42 bits per heavy atom. The number of aliphatic hydroxyl groups is 1. The number of aryl methyl sites for hydroxylation is 1. The number of amides is 7. The van der Waals surface area contributed by atoms with Crippen LogP contribution in [-0.4, -0.2) is 179 Å². The van der Waals surface area contributed by atoms with Gasteiger partial charge in [-0.3, -0.25) is 18.7 Å². The fraction of sp³-hybridized carbons (Fsp3) is 0.448. The van der Waals surface area contributed by atoms with Crippen molar-refractivity contribution in [3.05, 3.63) is 108 Å². The summed E-state index contributed by atoms with van der Waals surface area (Å²) in [7, 11) is 2.84. The molecule has 1 fully saturated rings. The first-order chi connectivity index (χ1) is 48.8. The number of primary amides is 1. The van der Waals surface area contributed by atoms with Crippen LogP contribution in [-0.2, 0) is 161 Å². The van der Waals surface area contributed by atoms with Gasteiger partial charge in [-0.15, -0.1) is 4.40 Å². The zero-order chi connectivity index (χ0) is 79.8. The molecule has 2 aromatic heterocycles. The van der Waals surface area contributed by atoms with E-state index in [2.05, 4.69) is 40.9 Å². The van der Waals surface area contributed by atoms with Gasteiger partial charge >= 0.3 is 426 Å². The van der Waals surface area contributed by atoms with Crippen molar-refractivity contribution in [2.45, 2.75) is 97.0 Å². The second-order valence-corrected chi connectivity index (χ2v) is 51.1. The van der Waals surface area contributed by atoms with Crippen molar-refractivity contribution in [1.29, 1.82) is 0 Å². The van der Waals surface area contributed by atoms with E-state index in [9.17, 15) is 88.5 Å². The Morgan fingerprint density at radius 3 is 1.95 bits per heavy atom. The second-order valence-electron chi connectivity index (χ2n) is 23.5. The van der Waals surface area contributed by atoms with Crippen LogP contribution in [0.4, 0.5) is 15.3 Å². The number of carbonyl (C=O) groups is 8. The van der Waals surface area contributed by atoms with Crippen molar-refractivity contribution in [2.75, 3.05) is 52.0 Å². The minimum atomic E-state index is -4.09. The van der Waals surface area contributed by atoms with Crippen LogP contribution in [0, 0.1) is 16.7 Å². The molecule has 50 heteroatoms. The van der Waals surface area contributed by atoms with Crippen LogP contribution in [0.5, 0.6) is 0 Å². The summed E-state index contributed by atoms with van der Waals surface area (Å²) in [4.78, 5) is 118. The SMILES string of the molecule is COC(CNC(=O)C1CCC(C)(C(=O)[O-])C1(C)C)[CH2][Hg][S]CC(=O)[O-].COC(CNC(N)=O)[CH2][Hg][Cl].COC([CH2][Hg])CNC(=O)NC(=O)CCC(=O)O.Cn1c(=O)c2[nH]cnc2n(C)c1=O.NS(=O)(=O)c1cc(C2(O)NC(=O)c3ccccc32)ccc1Cl.NS(=O)(=O)c1cc2c(cc1Cl)NC=NS2(=O)=O.O.[Na+].[Na+]. The number of sulfonamides is 3. The normalized spacial score (nSPS) is 17.3. The summed E-state index contributed by atoms with van der Waals surface area (Å²) >= 11 is 9.53. The Bertz CT molecular complexity index is 4500. The summed E-state index contributed by atoms with van der Waals surface area (Å²) in [6.07, 6.45) is 2.73. The number of rotatable bonds is 25. The van der Waals surface area contributed by atoms with Crippen molar-refractivity contribution in [3.8, 4) is 0 Å². The van der Waals surface area contributed by atoms with E-state index in [1.807, 2.05) is 19.2 Å². The number of halogens is 3. The van der Waals surface area contributed by atoms with Gasteiger partial charge in [-0.05, 0) is 30.3 Å². The molecule has 0 saturated heterocycles. The molecular weight excluding hydrogens is 2160 g/mol. The Kier molecular flexibility index (Phi) is 46.4. The predicted octanol–water partition coefficient (Wildman–Crippen LogP) is -7.61. The topological polar surface area (TPSA) is 620 Å². The van der Waals surface area contributed by atoms with Crippen LogP contribution in [0.2, 0.25) is 21.8 Å². The van der Waals surface area contributed by atoms with E-state index >= 15 is 0 Å². The third kappa shape index (κ3) is 30.7. The van der Waals surface area contributed by atoms with E-state index in [-0.39, 0.29) is 156 Å². The van der Waals surface area contributed by atoms with Crippen LogP contribution < -0.4 is 128 Å². The monoisotopic (exact) mass is 2240 g/mol. The molecule has 8 rings (SSSR count). The van der Waals surface area contributed by atoms with Gasteiger partial charge < -0.3 is 26.2 Å². The van der Waals surface area contributed by atoms with Gasteiger partial charge in [0.25, 0.3) is 21.5 Å². The number of benzene rings is 3. The summed E-state index contributed by atoms with van der Waals surface area (Å²) in [6, 6.07) is 11.3. The number of aromatic amines is 1. The average molecular weight is 2240 g/mol. The molecule has 108 heavy (non-hydrogen) atoms. The number of urea groups is 2. The maximum Gasteiger partial charge on any atom is 1.00 e. The molecular formula is C58H78Cl3Hg3N14Na2O24S4. The quantitative estimate of drug-likeness (QED) is 0.0191. The molecule has 4 heterocycles. The van der Waals surface area contributed by atoms with Crippen molar-refractivity contribution in [3.63, 3.8) is 0 Å². The number of ether oxygens (including phenoxy) is 3. The maximum absolute atomic E-state index is 12.6. The number of hydrogen-bond acceptors (Lipinski definition) is 25. The smallest absolute Gasteiger partial charge is 0.412 e. The standard InChI is InChI=1S/C14H11ClN2O4S.C14H24NO4.C9H15N2O5.C7H6ClN3O4S2.C7H8N4O2.C5H11N2O2.C2H4O2S.ClH.3Hg.2Na.H2O/c15-11-6-5-8(7-12(11)22(16,20)21)14(19)10-4-2-1-3-9(10)13(18)17-14;1-9(19-5)8-15-11(16)10-6-7-14(4,12(17)18)13(10,2)3;1-6(16-2)5-10-9(15)11-7(12)3-4-8(13)14;8-4-1-5-7(2-6(4)16(9,12)13)17(14,15)11-3-10-5;1-10-5-4(8-3-9-5)6(12)11(2)7(10)13;1-4(9-2)3-7-5(6)8;3-2(4)1-5;;;;;;;/h1-7,19H,(H,17,18)(H2,16,20,21);9-10H,1,6-8H2,2-5H3,(H,15,16)(H,17,18);6H,1,3-5H2,2H3,(H,13,14)(H2,10,11,12,15);1-3H,(H,10,11)(H2,9,12,13);3H,1-2H3,(H,8,9);4H,1,3H2,2H3,(H3,6,7,8);5H,1H2,(H,3,4);1H;;;;;;1H2/q;;;;;;;;;4*+1;/p-4. The number of carboxylic acids is 3. The van der Waals surface area contributed by atoms with E-state index in [1.54, 1.807) is 59.6 Å². The molecule has 1 aliphatic carbocycles. The zero-order valence-corrected chi connectivity index (χ0v) is 86.3. The third-order valence-corrected chi connectivity index (χ3v) is 40.2. The van der Waals surface area contributed by atoms with Crippen LogP contribution in [0.15, 0.2) is 89.6 Å². The van der Waals surface area contributed by atoms with Gasteiger partial charge in [0.1, 0.15) is 26.5 Å². The largest absolute Gasteiger partial charge is 1.00 e. The van der Waals surface area contributed by atoms with E-state index in [1.165, 1.54) is 44.4 Å². The molecule has 3 aliphatic rings. The van der Waals surface area contributed by atoms with Gasteiger partial charge in [0, 0.05) is 30.8 Å². The van der Waals surface area contributed by atoms with Gasteiger partial charge in [-0.2, -0.15) is 8.42 Å². The van der Waals surface area contributed by atoms with Crippen LogP contribution in [0.1, 0.15) is 67.9 Å². The fourth-order valence-electron chi connectivity index (χ4n) is 9.98. The van der Waals surface area contributed by atoms with Gasteiger partial charge in [0.15, 0.2) is 11.4 Å². The minimum absolute atomic E-state index is 0. The molecule has 7 amide bonds. The van der Waals surface area contributed by atoms with Crippen molar-refractivity contribution in [1.82, 2.24) is 45.7 Å². The van der Waals surface area contributed by atoms with Crippen molar-refractivity contribution >= 4 is 141 Å². The molecule has 0 spiro atoms. The predicted molar refractivity (Wildman–Crippen MR) is 371 cm³/mol. The molecule has 577 valence electrons. The number of primary sulfonamides is 2. The third-order valence-electron chi connectivity index (χ3n) is 16.4. The molecule has 0 radical (unpaired) electrons. The van der Waals surface area contributed by atoms with Crippen molar-refractivity contribution < 1.29 is 235 Å². The molecule has 5 aromatic rings. The number of nitrogens with one attached hydrogen (secondary N) is 7. The molecule has 1 saturated carbocycles. The number of anilines is 1. The first-order valence-electron chi connectivity index (χ1n) is 30.8. The molecule has 3 aromatic carbocycles. The molecule has 38 nitrogen and oxygen atoms in total. The number of carboxylic acid groups (broad SMARTS) is 3. The number of fused-ring (bicyclic) bond motifs is 3. The summed E-state index contributed by atoms with van der Waals surface area (Å²) in [5.41, 5.74) is 2.29. The zero-order valence-electron chi connectivity index (χ0n) is 60.3. The van der Waals surface area contributed by atoms with E-state index in [0.29, 0.717) is 80.9 Å². The summed E-state index contributed by atoms with van der Waals surface area (Å²) in [5, 5.41) is 65.8. The number of hydrogen-bond donors (Lipinski definition) is 12. The molecule has 17 N–H and O–H groups in total. The molecule has 0 bridgehead atoms. The van der Waals surface area contributed by atoms with Gasteiger partial charge in [-0.1, -0.05) is 47.5 Å². The Balaban J connectivity index is 0.00000129. The first-order valence-corrected chi connectivity index (χ1v) is 62.4. The van der Waals surface area contributed by atoms with Crippen LogP contribution in [0.25, 0.3) is 11.2 Å². The number of imide groups is 1. The number of carbonyl (C=O) groups excluding carboxylic acids is 7. The van der Waals surface area contributed by atoms with E-state index in [4.69, 9.17) is 66.8 Å².